The van der Waals surface area contributed by atoms with E-state index in [9.17, 15) is 9.90 Å². The number of carbonyl (C=O) groups is 1. The summed E-state index contributed by atoms with van der Waals surface area (Å²) >= 11 is 5.52. The molecule has 2 aromatic carbocycles. The number of phenolic OH excluding ortho intramolecular Hbond substituents is 1. The van der Waals surface area contributed by atoms with Crippen molar-refractivity contribution in [1.29, 1.82) is 0 Å². The summed E-state index contributed by atoms with van der Waals surface area (Å²) in [6.07, 6.45) is 0. The molecule has 0 aromatic heterocycles. The lowest BCUT2D eigenvalue weighted by Crippen LogP contribution is -2.13. The van der Waals surface area contributed by atoms with E-state index in [-0.39, 0.29) is 17.2 Å². The molecule has 5 heteroatoms. The first-order valence-corrected chi connectivity index (χ1v) is 7.41. The number of phenols is 1. The molecule has 0 atom stereocenters. The molecule has 0 heterocycles. The van der Waals surface area contributed by atoms with E-state index in [1.165, 1.54) is 6.07 Å². The maximum atomic E-state index is 12.2. The molecule has 0 aliphatic heterocycles. The zero-order valence-corrected chi connectivity index (χ0v) is 13.8. The molecule has 0 spiro atoms. The molecule has 0 saturated heterocycles. The predicted molar refractivity (Wildman–Crippen MR) is 87.7 cm³/mol. The zero-order valence-electron chi connectivity index (χ0n) is 10.1. The standard InChI is InChI=1S/C14H11BrINO2/c1-8-11(15)3-2-4-12(8)17-14(19)10-7-9(16)5-6-13(10)18/h2-7,18H,1H3,(H,17,19). The third-order valence-electron chi connectivity index (χ3n) is 2.72. The molecule has 3 nitrogen and oxygen atoms in total. The number of anilines is 1. The SMILES string of the molecule is Cc1c(Br)cccc1NC(=O)c1cc(I)ccc1O. The number of hydrogen-bond acceptors (Lipinski definition) is 2. The average Bonchev–Trinajstić information content (AvgIpc) is 2.38. The monoisotopic (exact) mass is 431 g/mol. The Morgan fingerprint density at radius 2 is 2.05 bits per heavy atom. The van der Waals surface area contributed by atoms with E-state index >= 15 is 0 Å². The first-order chi connectivity index (χ1) is 8.99. The second kappa shape index (κ2) is 5.92. The Balaban J connectivity index is 2.31. The number of halogens is 2. The van der Waals surface area contributed by atoms with Gasteiger partial charge in [0.25, 0.3) is 5.91 Å². The van der Waals surface area contributed by atoms with Gasteiger partial charge in [-0.2, -0.15) is 0 Å². The van der Waals surface area contributed by atoms with Crippen LogP contribution in [0.1, 0.15) is 15.9 Å². The summed E-state index contributed by atoms with van der Waals surface area (Å²) < 4.78 is 1.82. The van der Waals surface area contributed by atoms with E-state index in [1.54, 1.807) is 12.1 Å². The van der Waals surface area contributed by atoms with Crippen LogP contribution < -0.4 is 5.32 Å². The molecule has 2 aromatic rings. The number of carbonyl (C=O) groups excluding carboxylic acids is 1. The van der Waals surface area contributed by atoms with Crippen molar-refractivity contribution in [1.82, 2.24) is 0 Å². The molecule has 98 valence electrons. The lowest BCUT2D eigenvalue weighted by atomic mass is 10.1. The molecule has 2 rings (SSSR count). The van der Waals surface area contributed by atoms with E-state index in [2.05, 4.69) is 43.8 Å². The topological polar surface area (TPSA) is 49.3 Å². The minimum atomic E-state index is -0.322. The third kappa shape index (κ3) is 3.27. The van der Waals surface area contributed by atoms with Gasteiger partial charge in [0.05, 0.1) is 5.56 Å². The van der Waals surface area contributed by atoms with Crippen molar-refractivity contribution < 1.29 is 9.90 Å². The molecule has 0 aliphatic rings. The molecule has 0 fully saturated rings. The van der Waals surface area contributed by atoms with Crippen LogP contribution in [-0.2, 0) is 0 Å². The second-order valence-corrected chi connectivity index (χ2v) is 6.13. The van der Waals surface area contributed by atoms with E-state index in [0.29, 0.717) is 0 Å². The smallest absolute Gasteiger partial charge is 0.259 e. The molecule has 0 saturated carbocycles. The minimum Gasteiger partial charge on any atom is -0.507 e. The lowest BCUT2D eigenvalue weighted by molar-refractivity contribution is 0.102. The molecular weight excluding hydrogens is 421 g/mol. The van der Waals surface area contributed by atoms with Gasteiger partial charge in [-0.1, -0.05) is 22.0 Å². The maximum Gasteiger partial charge on any atom is 0.259 e. The van der Waals surface area contributed by atoms with E-state index in [4.69, 9.17) is 0 Å². The van der Waals surface area contributed by atoms with Crippen molar-refractivity contribution in [3.63, 3.8) is 0 Å². The Morgan fingerprint density at radius 3 is 2.79 bits per heavy atom. The van der Waals surface area contributed by atoms with Crippen LogP contribution in [0.25, 0.3) is 0 Å². The average molecular weight is 432 g/mol. The Labute approximate surface area is 133 Å². The van der Waals surface area contributed by atoms with E-state index in [0.717, 1.165) is 19.3 Å². The highest BCUT2D eigenvalue weighted by atomic mass is 127. The molecule has 0 unspecified atom stereocenters. The normalized spacial score (nSPS) is 10.3. The summed E-state index contributed by atoms with van der Waals surface area (Å²) in [6, 6.07) is 10.5. The lowest BCUT2D eigenvalue weighted by Gasteiger charge is -2.10. The van der Waals surface area contributed by atoms with Gasteiger partial charge < -0.3 is 10.4 Å². The van der Waals surface area contributed by atoms with E-state index < -0.39 is 0 Å². The number of hydrogen-bond donors (Lipinski definition) is 2. The van der Waals surface area contributed by atoms with Crippen LogP contribution in [0.15, 0.2) is 40.9 Å². The molecule has 1 amide bonds. The summed E-state index contributed by atoms with van der Waals surface area (Å²) in [6.45, 7) is 1.91. The highest BCUT2D eigenvalue weighted by molar-refractivity contribution is 14.1. The summed E-state index contributed by atoms with van der Waals surface area (Å²) in [5.41, 5.74) is 1.94. The number of nitrogens with one attached hydrogen (secondary N) is 1. The van der Waals surface area contributed by atoms with Crippen LogP contribution in [0, 0.1) is 10.5 Å². The van der Waals surface area contributed by atoms with Crippen LogP contribution >= 0.6 is 38.5 Å². The summed E-state index contributed by atoms with van der Waals surface area (Å²) in [5.74, 6) is -0.345. The second-order valence-electron chi connectivity index (χ2n) is 4.03. The van der Waals surface area contributed by atoms with Crippen molar-refractivity contribution >= 4 is 50.1 Å². The van der Waals surface area contributed by atoms with Crippen LogP contribution in [0.2, 0.25) is 0 Å². The fraction of sp³-hybridized carbons (Fsp3) is 0.0714. The molecule has 0 aliphatic carbocycles. The van der Waals surface area contributed by atoms with Crippen LogP contribution in [-0.4, -0.2) is 11.0 Å². The fourth-order valence-electron chi connectivity index (χ4n) is 1.62. The first-order valence-electron chi connectivity index (χ1n) is 5.54. The number of benzene rings is 2. The molecular formula is C14H11BrINO2. The summed E-state index contributed by atoms with van der Waals surface area (Å²) in [4.78, 5) is 12.2. The highest BCUT2D eigenvalue weighted by Crippen LogP contribution is 2.25. The van der Waals surface area contributed by atoms with Gasteiger partial charge in [0.1, 0.15) is 5.75 Å². The number of rotatable bonds is 2. The Morgan fingerprint density at radius 1 is 1.32 bits per heavy atom. The molecule has 2 N–H and O–H groups in total. The van der Waals surface area contributed by atoms with Crippen molar-refractivity contribution in [2.24, 2.45) is 0 Å². The van der Waals surface area contributed by atoms with Crippen molar-refractivity contribution in [2.45, 2.75) is 6.92 Å². The highest BCUT2D eigenvalue weighted by Gasteiger charge is 2.13. The third-order valence-corrected chi connectivity index (χ3v) is 4.25. The van der Waals surface area contributed by atoms with Gasteiger partial charge in [-0.25, -0.2) is 0 Å². The van der Waals surface area contributed by atoms with Gasteiger partial charge in [-0.05, 0) is 65.4 Å². The first kappa shape index (κ1) is 14.3. The fourth-order valence-corrected chi connectivity index (χ4v) is 2.48. The quantitative estimate of drug-likeness (QED) is 0.695. The summed E-state index contributed by atoms with van der Waals surface area (Å²) in [5, 5.41) is 12.5. The molecule has 0 radical (unpaired) electrons. The van der Waals surface area contributed by atoms with Crippen molar-refractivity contribution in [3.8, 4) is 5.75 Å². The summed E-state index contributed by atoms with van der Waals surface area (Å²) in [7, 11) is 0. The van der Waals surface area contributed by atoms with Gasteiger partial charge in [-0.3, -0.25) is 4.79 Å². The van der Waals surface area contributed by atoms with E-state index in [1.807, 2.05) is 25.1 Å². The van der Waals surface area contributed by atoms with Gasteiger partial charge in [0.2, 0.25) is 0 Å². The minimum absolute atomic E-state index is 0.0226. The largest absolute Gasteiger partial charge is 0.507 e. The van der Waals surface area contributed by atoms with Gasteiger partial charge >= 0.3 is 0 Å². The molecule has 0 bridgehead atoms. The van der Waals surface area contributed by atoms with Crippen LogP contribution in [0.4, 0.5) is 5.69 Å². The molecule has 19 heavy (non-hydrogen) atoms. The maximum absolute atomic E-state index is 12.2. The van der Waals surface area contributed by atoms with Crippen LogP contribution in [0.3, 0.4) is 0 Å². The predicted octanol–water partition coefficient (Wildman–Crippen LogP) is 4.32. The number of amides is 1. The zero-order chi connectivity index (χ0) is 14.0. The van der Waals surface area contributed by atoms with Crippen LogP contribution in [0.5, 0.6) is 5.75 Å². The number of aromatic hydroxyl groups is 1. The van der Waals surface area contributed by atoms with Gasteiger partial charge in [-0.15, -0.1) is 0 Å². The van der Waals surface area contributed by atoms with Crippen molar-refractivity contribution in [3.05, 3.63) is 55.6 Å². The Kier molecular flexibility index (Phi) is 4.46. The van der Waals surface area contributed by atoms with Gasteiger partial charge in [0, 0.05) is 13.7 Å². The Bertz CT molecular complexity index is 643. The van der Waals surface area contributed by atoms with Crippen molar-refractivity contribution in [2.75, 3.05) is 5.32 Å². The van der Waals surface area contributed by atoms with Gasteiger partial charge in [0.15, 0.2) is 0 Å². The Hall–Kier alpha value is -1.08.